The van der Waals surface area contributed by atoms with E-state index in [9.17, 15) is 5.11 Å². The number of aromatic nitrogens is 2. The van der Waals surface area contributed by atoms with E-state index in [1.54, 1.807) is 13.8 Å². The summed E-state index contributed by atoms with van der Waals surface area (Å²) < 4.78 is 0. The molecule has 0 bridgehead atoms. The molecule has 0 amide bonds. The fourth-order valence-electron chi connectivity index (χ4n) is 2.09. The summed E-state index contributed by atoms with van der Waals surface area (Å²) in [6.07, 6.45) is 0. The van der Waals surface area contributed by atoms with Gasteiger partial charge in [-0.15, -0.1) is 0 Å². The molecule has 0 unspecified atom stereocenters. The van der Waals surface area contributed by atoms with E-state index in [4.69, 9.17) is 0 Å². The molecule has 0 fully saturated rings. The third-order valence-electron chi connectivity index (χ3n) is 3.10. The lowest BCUT2D eigenvalue weighted by molar-refractivity contribution is 0.0696. The molecule has 1 heterocycles. The molecule has 0 aliphatic rings. The maximum Gasteiger partial charge on any atom is 0.138 e. The Bertz CT molecular complexity index is 577. The smallest absolute Gasteiger partial charge is 0.138 e. The van der Waals surface area contributed by atoms with Gasteiger partial charge in [-0.3, -0.25) is 0 Å². The Hall–Kier alpha value is -1.61. The first kappa shape index (κ1) is 12.8. The van der Waals surface area contributed by atoms with Crippen molar-refractivity contribution in [2.24, 2.45) is 0 Å². The van der Waals surface area contributed by atoms with Crippen LogP contribution >= 0.6 is 0 Å². The van der Waals surface area contributed by atoms with Crippen LogP contribution in [0.2, 0.25) is 0 Å². The predicted molar refractivity (Wildman–Crippen MR) is 73.5 cm³/mol. The Kier molecular flexibility index (Phi) is 3.03. The van der Waals surface area contributed by atoms with E-state index in [0.29, 0.717) is 5.82 Å². The zero-order valence-corrected chi connectivity index (χ0v) is 11.6. The van der Waals surface area contributed by atoms with Gasteiger partial charge in [0, 0.05) is 11.3 Å². The summed E-state index contributed by atoms with van der Waals surface area (Å²) in [5.41, 5.74) is 4.52. The van der Waals surface area contributed by atoms with Crippen molar-refractivity contribution in [3.8, 4) is 11.3 Å². The third kappa shape index (κ3) is 2.31. The highest BCUT2D eigenvalue weighted by Gasteiger charge is 2.22. The molecule has 0 spiro atoms. The zero-order chi connectivity index (χ0) is 13.5. The molecule has 0 saturated heterocycles. The molecule has 2 aromatic rings. The average molecular weight is 244 g/mol. The van der Waals surface area contributed by atoms with Crippen LogP contribution in [0.3, 0.4) is 0 Å². The summed E-state index contributed by atoms with van der Waals surface area (Å²) in [5.74, 6) is 0.606. The van der Waals surface area contributed by atoms with Crippen LogP contribution in [0, 0.1) is 20.8 Å². The van der Waals surface area contributed by atoms with Gasteiger partial charge in [-0.25, -0.2) is 4.98 Å². The Morgan fingerprint density at radius 1 is 1.17 bits per heavy atom. The lowest BCUT2D eigenvalue weighted by Gasteiger charge is -2.12. The van der Waals surface area contributed by atoms with Crippen LogP contribution in [0.4, 0.5) is 0 Å². The van der Waals surface area contributed by atoms with Gasteiger partial charge in [0.1, 0.15) is 11.4 Å². The highest BCUT2D eigenvalue weighted by molar-refractivity contribution is 5.66. The van der Waals surface area contributed by atoms with Crippen molar-refractivity contribution in [2.75, 3.05) is 0 Å². The monoisotopic (exact) mass is 244 g/mol. The summed E-state index contributed by atoms with van der Waals surface area (Å²) in [5, 5.41) is 9.99. The molecule has 3 heteroatoms. The second-order valence-corrected chi connectivity index (χ2v) is 5.44. The van der Waals surface area contributed by atoms with Gasteiger partial charge in [-0.05, 0) is 40.2 Å². The summed E-state index contributed by atoms with van der Waals surface area (Å²) in [7, 11) is 0. The van der Waals surface area contributed by atoms with Crippen LogP contribution in [0.1, 0.15) is 36.5 Å². The van der Waals surface area contributed by atoms with Crippen molar-refractivity contribution < 1.29 is 5.11 Å². The maximum absolute atomic E-state index is 9.99. The molecule has 0 radical (unpaired) electrons. The standard InChI is InChI=1S/C15H20N2O/c1-9-6-7-12(10(2)8-9)13-11(3)16-14(17-13)15(4,5)18/h6-8,18H,1-5H3,(H,16,17). The Morgan fingerprint density at radius 2 is 1.83 bits per heavy atom. The van der Waals surface area contributed by atoms with Gasteiger partial charge in [0.15, 0.2) is 0 Å². The van der Waals surface area contributed by atoms with Crippen LogP contribution in [0.5, 0.6) is 0 Å². The first-order valence-corrected chi connectivity index (χ1v) is 6.16. The normalized spacial score (nSPS) is 11.9. The Morgan fingerprint density at radius 3 is 2.33 bits per heavy atom. The van der Waals surface area contributed by atoms with Gasteiger partial charge in [0.2, 0.25) is 0 Å². The van der Waals surface area contributed by atoms with Gasteiger partial charge in [0.05, 0.1) is 5.69 Å². The molecular weight excluding hydrogens is 224 g/mol. The molecular formula is C15H20N2O. The minimum absolute atomic E-state index is 0.606. The SMILES string of the molecule is Cc1ccc(-c2nc(C(C)(C)O)[nH]c2C)c(C)c1. The number of imidazole rings is 1. The zero-order valence-electron chi connectivity index (χ0n) is 11.6. The van der Waals surface area contributed by atoms with Crippen molar-refractivity contribution in [3.05, 3.63) is 40.8 Å². The minimum Gasteiger partial charge on any atom is -0.383 e. The van der Waals surface area contributed by atoms with Gasteiger partial charge in [0.25, 0.3) is 0 Å². The van der Waals surface area contributed by atoms with Crippen LogP contribution in [0.15, 0.2) is 18.2 Å². The lowest BCUT2D eigenvalue weighted by atomic mass is 10.0. The molecule has 3 nitrogen and oxygen atoms in total. The number of H-pyrrole nitrogens is 1. The number of hydrogen-bond donors (Lipinski definition) is 2. The van der Waals surface area contributed by atoms with Crippen molar-refractivity contribution in [3.63, 3.8) is 0 Å². The Balaban J connectivity index is 2.55. The summed E-state index contributed by atoms with van der Waals surface area (Å²) in [6, 6.07) is 6.31. The molecule has 0 atom stereocenters. The van der Waals surface area contributed by atoms with Crippen molar-refractivity contribution in [1.82, 2.24) is 9.97 Å². The second-order valence-electron chi connectivity index (χ2n) is 5.44. The van der Waals surface area contributed by atoms with E-state index in [1.165, 1.54) is 11.1 Å². The van der Waals surface area contributed by atoms with E-state index in [-0.39, 0.29) is 0 Å². The van der Waals surface area contributed by atoms with Crippen LogP contribution in [0.25, 0.3) is 11.3 Å². The maximum atomic E-state index is 9.99. The van der Waals surface area contributed by atoms with Gasteiger partial charge in [-0.2, -0.15) is 0 Å². The van der Waals surface area contributed by atoms with E-state index < -0.39 is 5.60 Å². The summed E-state index contributed by atoms with van der Waals surface area (Å²) in [6.45, 7) is 9.61. The fourth-order valence-corrected chi connectivity index (χ4v) is 2.09. The Labute approximate surface area is 108 Å². The molecule has 0 aliphatic carbocycles. The molecule has 2 N–H and O–H groups in total. The number of aryl methyl sites for hydroxylation is 3. The number of aliphatic hydroxyl groups is 1. The predicted octanol–water partition coefficient (Wildman–Crippen LogP) is 3.23. The van der Waals surface area contributed by atoms with Crippen molar-refractivity contribution in [2.45, 2.75) is 40.2 Å². The largest absolute Gasteiger partial charge is 0.383 e. The number of nitrogens with one attached hydrogen (secondary N) is 1. The first-order valence-electron chi connectivity index (χ1n) is 6.16. The summed E-state index contributed by atoms with van der Waals surface area (Å²) >= 11 is 0. The second kappa shape index (κ2) is 4.25. The minimum atomic E-state index is -0.943. The molecule has 2 rings (SSSR count). The van der Waals surface area contributed by atoms with Crippen LogP contribution in [-0.2, 0) is 5.60 Å². The van der Waals surface area contributed by atoms with E-state index in [0.717, 1.165) is 17.0 Å². The van der Waals surface area contributed by atoms with Gasteiger partial charge < -0.3 is 10.1 Å². The fraction of sp³-hybridized carbons (Fsp3) is 0.400. The molecule has 96 valence electrons. The highest BCUT2D eigenvalue weighted by atomic mass is 16.3. The van der Waals surface area contributed by atoms with E-state index in [1.807, 2.05) is 6.92 Å². The molecule has 18 heavy (non-hydrogen) atoms. The number of nitrogens with zero attached hydrogens (tertiary/aromatic N) is 1. The molecule has 1 aromatic heterocycles. The van der Waals surface area contributed by atoms with E-state index in [2.05, 4.69) is 42.0 Å². The van der Waals surface area contributed by atoms with Crippen LogP contribution in [-0.4, -0.2) is 15.1 Å². The topological polar surface area (TPSA) is 48.9 Å². The number of rotatable bonds is 2. The number of benzene rings is 1. The van der Waals surface area contributed by atoms with Gasteiger partial charge >= 0.3 is 0 Å². The molecule has 0 saturated carbocycles. The van der Waals surface area contributed by atoms with E-state index >= 15 is 0 Å². The van der Waals surface area contributed by atoms with Crippen molar-refractivity contribution in [1.29, 1.82) is 0 Å². The molecule has 1 aromatic carbocycles. The van der Waals surface area contributed by atoms with Crippen LogP contribution < -0.4 is 0 Å². The third-order valence-corrected chi connectivity index (χ3v) is 3.10. The van der Waals surface area contributed by atoms with Crippen molar-refractivity contribution >= 4 is 0 Å². The van der Waals surface area contributed by atoms with Gasteiger partial charge in [-0.1, -0.05) is 23.8 Å². The lowest BCUT2D eigenvalue weighted by Crippen LogP contribution is -2.17. The molecule has 0 aliphatic heterocycles. The average Bonchev–Trinajstić information content (AvgIpc) is 2.60. The number of hydrogen-bond acceptors (Lipinski definition) is 2. The number of aromatic amines is 1. The summed E-state index contributed by atoms with van der Waals surface area (Å²) in [4.78, 5) is 7.70. The first-order chi connectivity index (χ1) is 8.29. The quantitative estimate of drug-likeness (QED) is 0.852. The highest BCUT2D eigenvalue weighted by Crippen LogP contribution is 2.28.